The normalized spacial score (nSPS) is 24.7. The lowest BCUT2D eigenvalue weighted by Gasteiger charge is -2.36. The molecule has 5 heteroatoms. The van der Waals surface area contributed by atoms with Gasteiger partial charge < -0.3 is 15.1 Å². The molecule has 1 amide bonds. The van der Waals surface area contributed by atoms with Gasteiger partial charge >= 0.3 is 0 Å². The number of aliphatic hydroxyl groups excluding tert-OH is 1. The zero-order valence-corrected chi connectivity index (χ0v) is 12.1. The number of rotatable bonds is 3. The molecule has 0 saturated carbocycles. The summed E-state index contributed by atoms with van der Waals surface area (Å²) in [5, 5.41) is 18.9. The average molecular weight is 290 g/mol. The number of hydrogen-bond acceptors (Lipinski definition) is 4. The number of carbonyl (C=O) groups is 1. The van der Waals surface area contributed by atoms with Gasteiger partial charge in [0.05, 0.1) is 12.5 Å². The number of piperidine rings is 1. The Hall–Kier alpha value is -1.59. The summed E-state index contributed by atoms with van der Waals surface area (Å²) < 4.78 is 0. The molecule has 21 heavy (non-hydrogen) atoms. The van der Waals surface area contributed by atoms with E-state index in [4.69, 9.17) is 0 Å². The average Bonchev–Trinajstić information content (AvgIpc) is 2.81. The lowest BCUT2D eigenvalue weighted by atomic mass is 10.0. The third-order valence-corrected chi connectivity index (χ3v) is 4.48. The van der Waals surface area contributed by atoms with E-state index < -0.39 is 6.10 Å². The van der Waals surface area contributed by atoms with Crippen molar-refractivity contribution >= 4 is 5.91 Å². The first kappa shape index (κ1) is 14.4. The Morgan fingerprint density at radius 1 is 1.14 bits per heavy atom. The van der Waals surface area contributed by atoms with Gasteiger partial charge in [-0.1, -0.05) is 12.1 Å². The molecule has 1 aromatic carbocycles. The highest BCUT2D eigenvalue weighted by molar-refractivity contribution is 5.79. The highest BCUT2D eigenvalue weighted by atomic mass is 16.3. The van der Waals surface area contributed by atoms with Crippen molar-refractivity contribution in [3.63, 3.8) is 0 Å². The molecule has 0 spiro atoms. The van der Waals surface area contributed by atoms with E-state index in [1.807, 2.05) is 17.0 Å². The molecule has 0 radical (unpaired) electrons. The Labute approximate surface area is 124 Å². The number of aromatic hydroxyl groups is 1. The van der Waals surface area contributed by atoms with Gasteiger partial charge in [-0.2, -0.15) is 0 Å². The minimum atomic E-state index is -0.479. The maximum atomic E-state index is 11.8. The monoisotopic (exact) mass is 290 g/mol. The molecule has 0 unspecified atom stereocenters. The maximum absolute atomic E-state index is 11.8. The van der Waals surface area contributed by atoms with E-state index in [2.05, 4.69) is 4.90 Å². The van der Waals surface area contributed by atoms with Crippen LogP contribution in [0, 0.1) is 0 Å². The Morgan fingerprint density at radius 2 is 1.81 bits per heavy atom. The fourth-order valence-electron chi connectivity index (χ4n) is 3.31. The topological polar surface area (TPSA) is 64.0 Å². The van der Waals surface area contributed by atoms with Crippen LogP contribution in [0.25, 0.3) is 0 Å². The molecule has 2 saturated heterocycles. The fraction of sp³-hybridized carbons (Fsp3) is 0.562. The number of benzene rings is 1. The van der Waals surface area contributed by atoms with Crippen LogP contribution in [-0.4, -0.2) is 57.7 Å². The van der Waals surface area contributed by atoms with Crippen molar-refractivity contribution in [2.24, 2.45) is 0 Å². The molecule has 0 bridgehead atoms. The molecule has 2 aliphatic rings. The van der Waals surface area contributed by atoms with Crippen molar-refractivity contribution in [2.75, 3.05) is 19.6 Å². The summed E-state index contributed by atoms with van der Waals surface area (Å²) in [5.41, 5.74) is 1.19. The number of nitrogens with zero attached hydrogens (tertiary/aromatic N) is 2. The Bertz CT molecular complexity index is 495. The van der Waals surface area contributed by atoms with Crippen LogP contribution in [0.4, 0.5) is 0 Å². The molecule has 3 rings (SSSR count). The van der Waals surface area contributed by atoms with Crippen molar-refractivity contribution in [2.45, 2.75) is 38.0 Å². The molecule has 0 aliphatic carbocycles. The van der Waals surface area contributed by atoms with Gasteiger partial charge in [0.15, 0.2) is 0 Å². The quantitative estimate of drug-likeness (QED) is 0.870. The highest BCUT2D eigenvalue weighted by Gasteiger charge is 2.34. The minimum Gasteiger partial charge on any atom is -0.508 e. The summed E-state index contributed by atoms with van der Waals surface area (Å²) in [6, 6.07) is 7.60. The van der Waals surface area contributed by atoms with Gasteiger partial charge in [0.2, 0.25) is 5.91 Å². The van der Waals surface area contributed by atoms with Gasteiger partial charge in [0, 0.05) is 32.2 Å². The largest absolute Gasteiger partial charge is 0.508 e. The van der Waals surface area contributed by atoms with E-state index in [1.54, 1.807) is 12.1 Å². The molecule has 1 atom stereocenters. The molecule has 2 fully saturated rings. The van der Waals surface area contributed by atoms with E-state index in [1.165, 1.54) is 5.56 Å². The second-order valence-electron chi connectivity index (χ2n) is 6.08. The number of likely N-dealkylation sites (tertiary alicyclic amines) is 2. The molecule has 2 aliphatic heterocycles. The van der Waals surface area contributed by atoms with Gasteiger partial charge in [-0.05, 0) is 30.5 Å². The standard InChI is InChI=1S/C16H22N2O3/c19-14-3-1-12(2-4-14)10-17-7-5-13(6-8-17)18-11-15(20)9-16(18)21/h1-4,13,15,19-20H,5-11H2/t15-/m1/s1. The Balaban J connectivity index is 1.51. The van der Waals surface area contributed by atoms with Gasteiger partial charge in [-0.25, -0.2) is 0 Å². The van der Waals surface area contributed by atoms with Gasteiger partial charge in [-0.3, -0.25) is 9.69 Å². The van der Waals surface area contributed by atoms with Crippen LogP contribution < -0.4 is 0 Å². The second-order valence-corrected chi connectivity index (χ2v) is 6.08. The van der Waals surface area contributed by atoms with Crippen molar-refractivity contribution in [3.05, 3.63) is 29.8 Å². The van der Waals surface area contributed by atoms with Crippen molar-refractivity contribution in [3.8, 4) is 5.75 Å². The van der Waals surface area contributed by atoms with Gasteiger partial charge in [-0.15, -0.1) is 0 Å². The van der Waals surface area contributed by atoms with E-state index in [-0.39, 0.29) is 18.4 Å². The molecular weight excluding hydrogens is 268 g/mol. The Morgan fingerprint density at radius 3 is 2.38 bits per heavy atom. The summed E-state index contributed by atoms with van der Waals surface area (Å²) in [6.45, 7) is 3.31. The van der Waals surface area contributed by atoms with Crippen molar-refractivity contribution < 1.29 is 15.0 Å². The molecule has 2 heterocycles. The van der Waals surface area contributed by atoms with Crippen molar-refractivity contribution in [1.82, 2.24) is 9.80 Å². The van der Waals surface area contributed by atoms with Crippen LogP contribution >= 0.6 is 0 Å². The third-order valence-electron chi connectivity index (χ3n) is 4.48. The zero-order valence-electron chi connectivity index (χ0n) is 12.1. The molecule has 1 aromatic rings. The Kier molecular flexibility index (Phi) is 4.12. The number of aliphatic hydroxyl groups is 1. The predicted octanol–water partition coefficient (Wildman–Crippen LogP) is 0.950. The molecule has 114 valence electrons. The SMILES string of the molecule is O=C1C[C@@H](O)CN1C1CCN(Cc2ccc(O)cc2)CC1. The first-order valence-corrected chi connectivity index (χ1v) is 7.59. The summed E-state index contributed by atoms with van der Waals surface area (Å²) >= 11 is 0. The molecule has 0 aromatic heterocycles. The molecule has 2 N–H and O–H groups in total. The zero-order chi connectivity index (χ0) is 14.8. The minimum absolute atomic E-state index is 0.0967. The number of β-amino-alcohol motifs (C(OH)–C–C–N with tert-alkyl or cyclic N) is 1. The van der Waals surface area contributed by atoms with Crippen LogP contribution in [0.2, 0.25) is 0 Å². The second kappa shape index (κ2) is 6.03. The van der Waals surface area contributed by atoms with Crippen LogP contribution in [0.3, 0.4) is 0 Å². The summed E-state index contributed by atoms with van der Waals surface area (Å²) in [4.78, 5) is 16.1. The lowest BCUT2D eigenvalue weighted by Crippen LogP contribution is -2.45. The first-order chi connectivity index (χ1) is 10.1. The fourth-order valence-corrected chi connectivity index (χ4v) is 3.31. The number of phenols is 1. The van der Waals surface area contributed by atoms with E-state index >= 15 is 0 Å². The van der Waals surface area contributed by atoms with Crippen LogP contribution in [0.1, 0.15) is 24.8 Å². The van der Waals surface area contributed by atoms with Gasteiger partial charge in [0.25, 0.3) is 0 Å². The first-order valence-electron chi connectivity index (χ1n) is 7.59. The predicted molar refractivity (Wildman–Crippen MR) is 78.7 cm³/mol. The summed E-state index contributed by atoms with van der Waals surface area (Å²) in [5.74, 6) is 0.392. The van der Waals surface area contributed by atoms with Crippen LogP contribution in [0.5, 0.6) is 5.75 Å². The van der Waals surface area contributed by atoms with E-state index in [0.717, 1.165) is 32.5 Å². The van der Waals surface area contributed by atoms with Crippen LogP contribution in [0.15, 0.2) is 24.3 Å². The number of hydrogen-bond donors (Lipinski definition) is 2. The molecule has 5 nitrogen and oxygen atoms in total. The van der Waals surface area contributed by atoms with Crippen molar-refractivity contribution in [1.29, 1.82) is 0 Å². The van der Waals surface area contributed by atoms with E-state index in [9.17, 15) is 15.0 Å². The smallest absolute Gasteiger partial charge is 0.225 e. The third kappa shape index (κ3) is 3.36. The van der Waals surface area contributed by atoms with E-state index in [0.29, 0.717) is 12.3 Å². The number of carbonyl (C=O) groups excluding carboxylic acids is 1. The summed E-state index contributed by atoms with van der Waals surface area (Å²) in [7, 11) is 0. The number of amides is 1. The molecular formula is C16H22N2O3. The highest BCUT2D eigenvalue weighted by Crippen LogP contribution is 2.23. The van der Waals surface area contributed by atoms with Gasteiger partial charge in [0.1, 0.15) is 5.75 Å². The van der Waals surface area contributed by atoms with Crippen LogP contribution in [-0.2, 0) is 11.3 Å². The summed E-state index contributed by atoms with van der Waals surface area (Å²) in [6.07, 6.45) is 1.74. The lowest BCUT2D eigenvalue weighted by molar-refractivity contribution is -0.130. The maximum Gasteiger partial charge on any atom is 0.225 e. The number of phenolic OH excluding ortho intramolecular Hbond substituents is 1.